The van der Waals surface area contributed by atoms with Gasteiger partial charge in [-0.2, -0.15) is 4.31 Å². The molecule has 1 aliphatic heterocycles. The van der Waals surface area contributed by atoms with Crippen LogP contribution < -0.4 is 5.32 Å². The van der Waals surface area contributed by atoms with Gasteiger partial charge in [0.1, 0.15) is 6.33 Å². The van der Waals surface area contributed by atoms with E-state index >= 15 is 0 Å². The molecule has 0 unspecified atom stereocenters. The monoisotopic (exact) mass is 435 g/mol. The number of amides is 1. The predicted octanol–water partition coefficient (Wildman–Crippen LogP) is 0.844. The van der Waals surface area contributed by atoms with Gasteiger partial charge in [0, 0.05) is 48.7 Å². The Labute approximate surface area is 171 Å². The highest BCUT2D eigenvalue weighted by atomic mass is 35.5. The Morgan fingerprint density at radius 1 is 1.31 bits per heavy atom. The number of carbonyl (C=O) groups excluding carboxylic acids is 1. The summed E-state index contributed by atoms with van der Waals surface area (Å²) in [6, 6.07) is 4.73. The summed E-state index contributed by atoms with van der Waals surface area (Å²) < 4.78 is 29.3. The summed E-state index contributed by atoms with van der Waals surface area (Å²) in [6.07, 6.45) is 5.19. The summed E-state index contributed by atoms with van der Waals surface area (Å²) in [6.45, 7) is 0.882. The van der Waals surface area contributed by atoms with Crippen molar-refractivity contribution in [3.63, 3.8) is 0 Å². The molecule has 10 nitrogen and oxygen atoms in total. The summed E-state index contributed by atoms with van der Waals surface area (Å²) in [7, 11) is -3.77. The van der Waals surface area contributed by atoms with Gasteiger partial charge in [-0.1, -0.05) is 23.7 Å². The Bertz CT molecular complexity index is 1130. The molecule has 0 saturated carbocycles. The van der Waals surface area contributed by atoms with Crippen molar-refractivity contribution in [2.75, 3.05) is 13.1 Å². The van der Waals surface area contributed by atoms with Gasteiger partial charge < -0.3 is 5.32 Å². The number of hydrogen-bond acceptors (Lipinski definition) is 7. The van der Waals surface area contributed by atoms with Crippen LogP contribution in [0.1, 0.15) is 12.8 Å². The lowest BCUT2D eigenvalue weighted by atomic mass is 10.2. The zero-order chi connectivity index (χ0) is 20.4. The van der Waals surface area contributed by atoms with Crippen LogP contribution in [0, 0.1) is 0 Å². The molecule has 3 heterocycles. The second kappa shape index (κ2) is 8.01. The maximum atomic E-state index is 13.2. The number of carbonyl (C=O) groups is 1. The lowest BCUT2D eigenvalue weighted by Crippen LogP contribution is -2.38. The van der Waals surface area contributed by atoms with Crippen molar-refractivity contribution in [3.05, 3.63) is 41.9 Å². The standard InChI is InChI=1S/C17H18ClN7O3S/c18-14-9-19-8-12-2-1-3-15(17(12)14)29(27,28)25-7-4-13(10-25)21-16(26)5-6-24-11-20-22-23-24/h1-3,8-9,11,13H,4-7,10H2,(H,21,26)/t13-/m0/s1. The van der Waals surface area contributed by atoms with Crippen LogP contribution in [0.2, 0.25) is 5.02 Å². The van der Waals surface area contributed by atoms with E-state index in [4.69, 9.17) is 11.6 Å². The van der Waals surface area contributed by atoms with Crippen molar-refractivity contribution < 1.29 is 13.2 Å². The van der Waals surface area contributed by atoms with Crippen molar-refractivity contribution >= 4 is 38.3 Å². The van der Waals surface area contributed by atoms with Crippen molar-refractivity contribution in [2.45, 2.75) is 30.3 Å². The minimum atomic E-state index is -3.77. The van der Waals surface area contributed by atoms with Crippen LogP contribution in [0.15, 0.2) is 41.8 Å². The molecule has 4 rings (SSSR count). The molecule has 1 amide bonds. The van der Waals surface area contributed by atoms with Crippen LogP contribution in [0.3, 0.4) is 0 Å². The largest absolute Gasteiger partial charge is 0.352 e. The van der Waals surface area contributed by atoms with E-state index in [1.807, 2.05) is 0 Å². The first-order valence-electron chi connectivity index (χ1n) is 8.97. The number of rotatable bonds is 6. The number of hydrogen-bond donors (Lipinski definition) is 1. The molecule has 152 valence electrons. The molecule has 12 heteroatoms. The molecular formula is C17H18ClN7O3S. The molecule has 0 radical (unpaired) electrons. The first-order chi connectivity index (χ1) is 13.9. The molecule has 29 heavy (non-hydrogen) atoms. The zero-order valence-electron chi connectivity index (χ0n) is 15.3. The number of fused-ring (bicyclic) bond motifs is 1. The number of tetrazole rings is 1. The maximum absolute atomic E-state index is 13.2. The fourth-order valence-corrected chi connectivity index (χ4v) is 5.44. The summed E-state index contributed by atoms with van der Waals surface area (Å²) in [5.74, 6) is -0.177. The van der Waals surface area contributed by atoms with Crippen molar-refractivity contribution in [1.29, 1.82) is 0 Å². The molecule has 3 aromatic rings. The first-order valence-corrected chi connectivity index (χ1v) is 10.8. The number of pyridine rings is 1. The molecule has 0 spiro atoms. The Kier molecular flexibility index (Phi) is 5.43. The topological polar surface area (TPSA) is 123 Å². The van der Waals surface area contributed by atoms with Crippen molar-refractivity contribution in [1.82, 2.24) is 34.8 Å². The lowest BCUT2D eigenvalue weighted by molar-refractivity contribution is -0.122. The molecular weight excluding hydrogens is 418 g/mol. The fraction of sp³-hybridized carbons (Fsp3) is 0.353. The molecule has 1 saturated heterocycles. The van der Waals surface area contributed by atoms with Crippen molar-refractivity contribution in [3.8, 4) is 0 Å². The second-order valence-electron chi connectivity index (χ2n) is 6.71. The van der Waals surface area contributed by atoms with E-state index in [1.165, 1.54) is 21.5 Å². The second-order valence-corrected chi connectivity index (χ2v) is 9.03. The highest BCUT2D eigenvalue weighted by Crippen LogP contribution is 2.32. The summed E-state index contributed by atoms with van der Waals surface area (Å²) in [4.78, 5) is 16.3. The van der Waals surface area contributed by atoms with Gasteiger partial charge in [0.15, 0.2) is 0 Å². The highest BCUT2D eigenvalue weighted by molar-refractivity contribution is 7.89. The highest BCUT2D eigenvalue weighted by Gasteiger charge is 2.34. The van der Waals surface area contributed by atoms with Gasteiger partial charge in [-0.15, -0.1) is 5.10 Å². The van der Waals surface area contributed by atoms with Crippen LogP contribution in [0.5, 0.6) is 0 Å². The van der Waals surface area contributed by atoms with Gasteiger partial charge in [0.2, 0.25) is 15.9 Å². The minimum absolute atomic E-state index is 0.146. The van der Waals surface area contributed by atoms with Gasteiger partial charge in [-0.25, -0.2) is 13.1 Å². The Balaban J connectivity index is 1.45. The van der Waals surface area contributed by atoms with Gasteiger partial charge in [0.05, 0.1) is 16.5 Å². The van der Waals surface area contributed by atoms with Crippen LogP contribution in [0.4, 0.5) is 0 Å². The lowest BCUT2D eigenvalue weighted by Gasteiger charge is -2.18. The average molecular weight is 436 g/mol. The summed E-state index contributed by atoms with van der Waals surface area (Å²) in [5, 5.41) is 15.0. The molecule has 1 fully saturated rings. The number of halogens is 1. The molecule has 0 aliphatic carbocycles. The number of sulfonamides is 1. The van der Waals surface area contributed by atoms with Crippen LogP contribution in [-0.2, 0) is 21.4 Å². The third-order valence-electron chi connectivity index (χ3n) is 4.79. The molecule has 0 bridgehead atoms. The molecule has 1 aromatic carbocycles. The number of nitrogens with one attached hydrogen (secondary N) is 1. The number of nitrogens with zero attached hydrogens (tertiary/aromatic N) is 6. The first kappa shape index (κ1) is 19.7. The van der Waals surface area contributed by atoms with Crippen molar-refractivity contribution in [2.24, 2.45) is 0 Å². The zero-order valence-corrected chi connectivity index (χ0v) is 16.8. The average Bonchev–Trinajstić information content (AvgIpc) is 3.38. The van der Waals surface area contributed by atoms with Crippen LogP contribution >= 0.6 is 11.6 Å². The quantitative estimate of drug-likeness (QED) is 0.608. The Morgan fingerprint density at radius 3 is 2.97 bits per heavy atom. The van der Waals surface area contributed by atoms with E-state index in [1.54, 1.807) is 24.4 Å². The third kappa shape index (κ3) is 4.07. The van der Waals surface area contributed by atoms with E-state index in [0.717, 1.165) is 0 Å². The van der Waals surface area contributed by atoms with Gasteiger partial charge >= 0.3 is 0 Å². The van der Waals surface area contributed by atoms with Crippen LogP contribution in [-0.4, -0.2) is 63.0 Å². The third-order valence-corrected chi connectivity index (χ3v) is 6.99. The minimum Gasteiger partial charge on any atom is -0.352 e. The summed E-state index contributed by atoms with van der Waals surface area (Å²) >= 11 is 6.23. The van der Waals surface area contributed by atoms with Gasteiger partial charge in [-0.05, 0) is 22.9 Å². The molecule has 1 atom stereocenters. The number of aryl methyl sites for hydroxylation is 1. The smallest absolute Gasteiger partial charge is 0.243 e. The van der Waals surface area contributed by atoms with E-state index < -0.39 is 10.0 Å². The molecule has 1 aliphatic rings. The van der Waals surface area contributed by atoms with Crippen LogP contribution in [0.25, 0.3) is 10.8 Å². The number of aromatic nitrogens is 5. The fourth-order valence-electron chi connectivity index (χ4n) is 3.38. The number of benzene rings is 1. The van der Waals surface area contributed by atoms with Gasteiger partial charge in [-0.3, -0.25) is 9.78 Å². The van der Waals surface area contributed by atoms with E-state index in [0.29, 0.717) is 30.3 Å². The molecule has 1 N–H and O–H groups in total. The maximum Gasteiger partial charge on any atom is 0.243 e. The van der Waals surface area contributed by atoms with Gasteiger partial charge in [0.25, 0.3) is 0 Å². The Hall–Kier alpha value is -2.63. The predicted molar refractivity (Wildman–Crippen MR) is 104 cm³/mol. The van der Waals surface area contributed by atoms with E-state index in [-0.39, 0.29) is 34.8 Å². The SMILES string of the molecule is O=C(CCn1cnnn1)N[C@H]1CCN(S(=O)(=O)c2cccc3cncc(Cl)c23)C1. The Morgan fingerprint density at radius 2 is 2.17 bits per heavy atom. The normalized spacial score (nSPS) is 17.6. The van der Waals surface area contributed by atoms with E-state index in [2.05, 4.69) is 25.8 Å². The summed E-state index contributed by atoms with van der Waals surface area (Å²) in [5.41, 5.74) is 0. The molecule has 2 aromatic heterocycles. The van der Waals surface area contributed by atoms with E-state index in [9.17, 15) is 13.2 Å².